The van der Waals surface area contributed by atoms with Crippen molar-refractivity contribution in [2.24, 2.45) is 0 Å². The molecule has 25 heavy (non-hydrogen) atoms. The first-order chi connectivity index (χ1) is 12.0. The normalized spacial score (nSPS) is 15.2. The molecule has 6 nitrogen and oxygen atoms in total. The Kier molecular flexibility index (Phi) is 5.32. The zero-order valence-electron chi connectivity index (χ0n) is 13.6. The number of amides is 2. The second-order valence-electron chi connectivity index (χ2n) is 5.99. The average molecular weight is 383 g/mol. The van der Waals surface area contributed by atoms with Gasteiger partial charge in [0.25, 0.3) is 11.8 Å². The van der Waals surface area contributed by atoms with E-state index < -0.39 is 5.91 Å². The van der Waals surface area contributed by atoms with Crippen LogP contribution in [0.3, 0.4) is 0 Å². The number of nitrogens with zero attached hydrogens (tertiary/aromatic N) is 1. The Morgan fingerprint density at radius 2 is 1.96 bits per heavy atom. The Labute approximate surface area is 155 Å². The number of halogens is 2. The lowest BCUT2D eigenvalue weighted by atomic mass is 10.1. The van der Waals surface area contributed by atoms with Crippen LogP contribution < -0.4 is 10.2 Å². The van der Waals surface area contributed by atoms with Gasteiger partial charge in [-0.25, -0.2) is 0 Å². The van der Waals surface area contributed by atoms with Crippen molar-refractivity contribution < 1.29 is 18.9 Å². The summed E-state index contributed by atoms with van der Waals surface area (Å²) in [5.74, 6) is -0.551. The lowest BCUT2D eigenvalue weighted by Gasteiger charge is -2.30. The highest BCUT2D eigenvalue weighted by molar-refractivity contribution is 6.38. The van der Waals surface area contributed by atoms with E-state index in [0.717, 1.165) is 13.1 Å². The average Bonchev–Trinajstić information content (AvgIpc) is 3.11. The van der Waals surface area contributed by atoms with Crippen molar-refractivity contribution in [3.05, 3.63) is 51.9 Å². The van der Waals surface area contributed by atoms with Crippen LogP contribution in [0.2, 0.25) is 10.0 Å². The molecule has 8 heteroatoms. The van der Waals surface area contributed by atoms with E-state index in [-0.39, 0.29) is 27.9 Å². The molecule has 1 aliphatic rings. The van der Waals surface area contributed by atoms with E-state index in [1.54, 1.807) is 11.0 Å². The fraction of sp³-hybridized carbons (Fsp3) is 0.294. The van der Waals surface area contributed by atoms with Crippen molar-refractivity contribution in [1.29, 1.82) is 0 Å². The van der Waals surface area contributed by atoms with Crippen molar-refractivity contribution in [2.75, 3.05) is 38.5 Å². The Morgan fingerprint density at radius 3 is 2.60 bits per heavy atom. The van der Waals surface area contributed by atoms with Gasteiger partial charge in [-0.05, 0) is 24.3 Å². The largest absolute Gasteiger partial charge is 0.459 e. The smallest absolute Gasteiger partial charge is 0.291 e. The molecule has 3 rings (SSSR count). The van der Waals surface area contributed by atoms with Crippen LogP contribution in [0.25, 0.3) is 0 Å². The number of nitrogens with one attached hydrogen (secondary N) is 2. The predicted octanol–water partition coefficient (Wildman–Crippen LogP) is 1.81. The summed E-state index contributed by atoms with van der Waals surface area (Å²) < 4.78 is 5.08. The molecule has 2 heterocycles. The third kappa shape index (κ3) is 3.98. The summed E-state index contributed by atoms with van der Waals surface area (Å²) in [6.07, 6.45) is 1.40. The first-order valence-electron chi connectivity index (χ1n) is 7.90. The van der Waals surface area contributed by atoms with Gasteiger partial charge in [-0.2, -0.15) is 0 Å². The molecule has 1 aromatic heterocycles. The number of quaternary nitrogens is 1. The molecule has 0 radical (unpaired) electrons. The number of carbonyl (C=O) groups is 2. The lowest BCUT2D eigenvalue weighted by molar-refractivity contribution is -0.883. The van der Waals surface area contributed by atoms with E-state index in [4.69, 9.17) is 27.6 Å². The predicted molar refractivity (Wildman–Crippen MR) is 95.6 cm³/mol. The molecule has 2 aromatic rings. The van der Waals surface area contributed by atoms with Crippen molar-refractivity contribution in [1.82, 2.24) is 4.90 Å². The molecular formula is C17H18Cl2N3O3+. The van der Waals surface area contributed by atoms with E-state index >= 15 is 0 Å². The number of benzene rings is 1. The quantitative estimate of drug-likeness (QED) is 0.850. The zero-order valence-corrected chi connectivity index (χ0v) is 15.2. The first kappa shape index (κ1) is 17.8. The minimum Gasteiger partial charge on any atom is -0.459 e. The van der Waals surface area contributed by atoms with E-state index in [0.29, 0.717) is 18.1 Å². The highest BCUT2D eigenvalue weighted by Gasteiger charge is 2.26. The van der Waals surface area contributed by atoms with Gasteiger partial charge in [0.1, 0.15) is 0 Å². The minimum atomic E-state index is -0.480. The third-order valence-corrected chi connectivity index (χ3v) is 4.69. The van der Waals surface area contributed by atoms with E-state index in [1.165, 1.54) is 29.4 Å². The number of furan rings is 1. The van der Waals surface area contributed by atoms with Crippen LogP contribution in [0.4, 0.5) is 5.69 Å². The van der Waals surface area contributed by atoms with Gasteiger partial charge < -0.3 is 19.5 Å². The van der Waals surface area contributed by atoms with E-state index in [1.807, 2.05) is 0 Å². The summed E-state index contributed by atoms with van der Waals surface area (Å²) in [6, 6.07) is 6.16. The van der Waals surface area contributed by atoms with Gasteiger partial charge in [0.2, 0.25) is 0 Å². The highest BCUT2D eigenvalue weighted by atomic mass is 35.5. The van der Waals surface area contributed by atoms with Crippen LogP contribution in [0.5, 0.6) is 0 Å². The van der Waals surface area contributed by atoms with Crippen molar-refractivity contribution >= 4 is 40.7 Å². The third-order valence-electron chi connectivity index (χ3n) is 4.17. The summed E-state index contributed by atoms with van der Waals surface area (Å²) >= 11 is 12.3. The molecule has 0 unspecified atom stereocenters. The Morgan fingerprint density at radius 1 is 1.24 bits per heavy atom. The van der Waals surface area contributed by atoms with Crippen molar-refractivity contribution in [3.63, 3.8) is 0 Å². The first-order valence-corrected chi connectivity index (χ1v) is 8.66. The maximum absolute atomic E-state index is 12.9. The summed E-state index contributed by atoms with van der Waals surface area (Å²) in [7, 11) is 2.09. The minimum absolute atomic E-state index is 0.132. The molecular weight excluding hydrogens is 365 g/mol. The van der Waals surface area contributed by atoms with Gasteiger partial charge in [0.05, 0.1) is 55.8 Å². The Balaban J connectivity index is 1.90. The van der Waals surface area contributed by atoms with Crippen LogP contribution in [0.1, 0.15) is 20.9 Å². The zero-order chi connectivity index (χ0) is 18.0. The number of hydrogen-bond donors (Lipinski definition) is 2. The second-order valence-corrected chi connectivity index (χ2v) is 6.83. The van der Waals surface area contributed by atoms with Gasteiger partial charge in [0.15, 0.2) is 5.76 Å². The number of piperazine rings is 1. The molecule has 1 fully saturated rings. The molecule has 0 saturated carbocycles. The molecule has 1 aliphatic heterocycles. The molecule has 1 aromatic carbocycles. The Bertz CT molecular complexity index is 785. The number of anilines is 1. The molecule has 132 valence electrons. The molecule has 1 saturated heterocycles. The highest BCUT2D eigenvalue weighted by Crippen LogP contribution is 2.31. The van der Waals surface area contributed by atoms with Gasteiger partial charge >= 0.3 is 0 Å². The maximum atomic E-state index is 12.9. The fourth-order valence-electron chi connectivity index (χ4n) is 2.71. The SMILES string of the molecule is C[NH+]1CCN(C(=O)c2cc(Cl)cc(Cl)c2NC(=O)c2ccco2)CC1. The molecule has 2 amide bonds. The fourth-order valence-corrected chi connectivity index (χ4v) is 3.25. The lowest BCUT2D eigenvalue weighted by Crippen LogP contribution is -3.12. The number of rotatable bonds is 3. The van der Waals surface area contributed by atoms with Gasteiger partial charge in [0, 0.05) is 5.02 Å². The molecule has 2 N–H and O–H groups in total. The Hall–Kier alpha value is -2.02. The van der Waals surface area contributed by atoms with Crippen LogP contribution in [0.15, 0.2) is 34.9 Å². The summed E-state index contributed by atoms with van der Waals surface area (Å²) in [6.45, 7) is 3.02. The molecule has 0 bridgehead atoms. The van der Waals surface area contributed by atoms with Crippen molar-refractivity contribution in [3.8, 4) is 0 Å². The van der Waals surface area contributed by atoms with Gasteiger partial charge in [-0.1, -0.05) is 23.2 Å². The standard InChI is InChI=1S/C17H17Cl2N3O3/c1-21-4-6-22(7-5-21)17(24)12-9-11(18)10-13(19)15(12)20-16(23)14-3-2-8-25-14/h2-3,8-10H,4-7H2,1H3,(H,20,23)/p+1. The second kappa shape index (κ2) is 7.47. The number of carbonyl (C=O) groups excluding carboxylic acids is 2. The maximum Gasteiger partial charge on any atom is 0.291 e. The van der Waals surface area contributed by atoms with Crippen LogP contribution in [0, 0.1) is 0 Å². The van der Waals surface area contributed by atoms with Crippen LogP contribution in [-0.2, 0) is 0 Å². The van der Waals surface area contributed by atoms with Crippen LogP contribution in [-0.4, -0.2) is 49.9 Å². The van der Waals surface area contributed by atoms with Gasteiger partial charge in [-0.3, -0.25) is 9.59 Å². The molecule has 0 spiro atoms. The number of hydrogen-bond acceptors (Lipinski definition) is 3. The monoisotopic (exact) mass is 382 g/mol. The van der Waals surface area contributed by atoms with Crippen LogP contribution >= 0.6 is 23.2 Å². The van der Waals surface area contributed by atoms with Crippen molar-refractivity contribution in [2.45, 2.75) is 0 Å². The van der Waals surface area contributed by atoms with E-state index in [9.17, 15) is 9.59 Å². The summed E-state index contributed by atoms with van der Waals surface area (Å²) in [5.41, 5.74) is 0.515. The molecule has 0 atom stereocenters. The number of likely N-dealkylation sites (N-methyl/N-ethyl adjacent to an activating group) is 1. The topological polar surface area (TPSA) is 67.0 Å². The molecule has 0 aliphatic carbocycles. The summed E-state index contributed by atoms with van der Waals surface area (Å²) in [5, 5.41) is 3.20. The van der Waals surface area contributed by atoms with Gasteiger partial charge in [-0.15, -0.1) is 0 Å². The van der Waals surface area contributed by atoms with E-state index in [2.05, 4.69) is 12.4 Å². The summed E-state index contributed by atoms with van der Waals surface area (Å²) in [4.78, 5) is 28.3.